The third kappa shape index (κ3) is 7.99. The molecule has 3 amide bonds. The monoisotopic (exact) mass is 446 g/mol. The Balaban J connectivity index is 1.57. The Morgan fingerprint density at radius 3 is 2.44 bits per heavy atom. The van der Waals surface area contributed by atoms with Crippen LogP contribution in [0.1, 0.15) is 58.6 Å². The van der Waals surface area contributed by atoms with Crippen molar-refractivity contribution >= 4 is 23.5 Å². The summed E-state index contributed by atoms with van der Waals surface area (Å²) in [7, 11) is 0. The van der Waals surface area contributed by atoms with Gasteiger partial charge in [0.05, 0.1) is 11.7 Å². The lowest BCUT2D eigenvalue weighted by molar-refractivity contribution is -0.137. The number of hydrogen-bond donors (Lipinski definition) is 2. The van der Waals surface area contributed by atoms with Gasteiger partial charge in [-0.25, -0.2) is 0 Å². The van der Waals surface area contributed by atoms with Crippen LogP contribution in [-0.2, 0) is 32.1 Å². The van der Waals surface area contributed by atoms with Crippen LogP contribution >= 0.6 is 0 Å². The summed E-state index contributed by atoms with van der Waals surface area (Å²) < 4.78 is 1.77. The van der Waals surface area contributed by atoms with Gasteiger partial charge in [-0.05, 0) is 32.1 Å². The van der Waals surface area contributed by atoms with Crippen molar-refractivity contribution in [1.82, 2.24) is 25.2 Å². The fraction of sp³-hybridized carbons (Fsp3) is 0.636. The minimum Gasteiger partial charge on any atom is -0.354 e. The van der Waals surface area contributed by atoms with Gasteiger partial charge in [-0.3, -0.25) is 28.8 Å². The molecule has 1 aliphatic heterocycles. The molecule has 0 radical (unpaired) electrons. The fourth-order valence-corrected chi connectivity index (χ4v) is 3.36. The van der Waals surface area contributed by atoms with Gasteiger partial charge in [0.2, 0.25) is 5.91 Å². The van der Waals surface area contributed by atoms with Crippen molar-refractivity contribution in [3.05, 3.63) is 24.0 Å². The van der Waals surface area contributed by atoms with Crippen LogP contribution < -0.4 is 11.1 Å². The molecule has 2 rings (SSSR count). The number of aryl methyl sites for hydroxylation is 2. The van der Waals surface area contributed by atoms with Gasteiger partial charge in [-0.1, -0.05) is 26.0 Å². The molecule has 0 aliphatic carbocycles. The predicted molar refractivity (Wildman–Crippen MR) is 118 cm³/mol. The first-order valence-corrected chi connectivity index (χ1v) is 11.1. The van der Waals surface area contributed by atoms with Crippen LogP contribution in [-0.4, -0.2) is 62.5 Å². The number of nitrogens with two attached hydrogens (primary N) is 1. The van der Waals surface area contributed by atoms with E-state index in [2.05, 4.69) is 15.6 Å². The lowest BCUT2D eigenvalue weighted by Crippen LogP contribution is -2.38. The Bertz CT molecular complexity index is 837. The molecule has 0 saturated carbocycles. The minimum absolute atomic E-state index is 0.0830. The molecule has 1 aromatic rings. The molecule has 1 unspecified atom stereocenters. The van der Waals surface area contributed by atoms with Crippen molar-refractivity contribution in [2.75, 3.05) is 13.1 Å². The maximum Gasteiger partial charge on any atom is 0.253 e. The van der Waals surface area contributed by atoms with Gasteiger partial charge in [-0.2, -0.15) is 0 Å². The van der Waals surface area contributed by atoms with Gasteiger partial charge < -0.3 is 11.1 Å². The lowest BCUT2D eigenvalue weighted by atomic mass is 9.85. The molecule has 0 aromatic carbocycles. The standard InChI is InChI=1S/C22H34N6O4/c1-22(2,3)21(32)17(23)8-4-5-13-27-15-16(25-26-27)7-6-9-18(29)24-12-14-28-19(30)10-11-20(28)31/h10-11,15,17H,4-9,12-14,23H2,1-3H3,(H,24,29). The smallest absolute Gasteiger partial charge is 0.253 e. The Kier molecular flexibility index (Phi) is 9.25. The molecule has 0 fully saturated rings. The van der Waals surface area contributed by atoms with E-state index in [4.69, 9.17) is 5.73 Å². The third-order valence-corrected chi connectivity index (χ3v) is 5.21. The summed E-state index contributed by atoms with van der Waals surface area (Å²) in [5.41, 5.74) is 6.39. The van der Waals surface area contributed by atoms with Gasteiger partial charge >= 0.3 is 0 Å². The summed E-state index contributed by atoms with van der Waals surface area (Å²) in [6, 6.07) is -0.430. The maximum atomic E-state index is 12.1. The van der Waals surface area contributed by atoms with E-state index < -0.39 is 11.5 Å². The predicted octanol–water partition coefficient (Wildman–Crippen LogP) is 0.755. The second-order valence-corrected chi connectivity index (χ2v) is 9.05. The summed E-state index contributed by atoms with van der Waals surface area (Å²) in [6.07, 6.45) is 8.24. The van der Waals surface area contributed by atoms with Crippen LogP contribution in [0.15, 0.2) is 18.3 Å². The average molecular weight is 447 g/mol. The second kappa shape index (κ2) is 11.7. The number of hydrogen-bond acceptors (Lipinski definition) is 7. The number of carbonyl (C=O) groups excluding carboxylic acids is 4. The van der Waals surface area contributed by atoms with Gasteiger partial charge in [-0.15, -0.1) is 5.10 Å². The normalized spacial score (nSPS) is 14.8. The van der Waals surface area contributed by atoms with Crippen molar-refractivity contribution in [3.63, 3.8) is 0 Å². The number of carbonyl (C=O) groups is 4. The van der Waals surface area contributed by atoms with E-state index >= 15 is 0 Å². The number of imide groups is 1. The Labute approximate surface area is 188 Å². The summed E-state index contributed by atoms with van der Waals surface area (Å²) in [6.45, 7) is 6.75. The van der Waals surface area contributed by atoms with Crippen LogP contribution in [0.4, 0.5) is 0 Å². The number of nitrogens with one attached hydrogen (secondary N) is 1. The highest BCUT2D eigenvalue weighted by atomic mass is 16.2. The first-order chi connectivity index (χ1) is 15.1. The van der Waals surface area contributed by atoms with Crippen LogP contribution in [0.3, 0.4) is 0 Å². The summed E-state index contributed by atoms with van der Waals surface area (Å²) >= 11 is 0. The van der Waals surface area contributed by atoms with E-state index in [1.807, 2.05) is 27.0 Å². The molecule has 32 heavy (non-hydrogen) atoms. The van der Waals surface area contributed by atoms with E-state index in [0.29, 0.717) is 32.2 Å². The molecule has 10 heteroatoms. The van der Waals surface area contributed by atoms with E-state index in [1.54, 1.807) is 4.68 Å². The minimum atomic E-state index is -0.430. The second-order valence-electron chi connectivity index (χ2n) is 9.05. The Morgan fingerprint density at radius 2 is 1.78 bits per heavy atom. The van der Waals surface area contributed by atoms with Crippen molar-refractivity contribution in [3.8, 4) is 0 Å². The lowest BCUT2D eigenvalue weighted by Gasteiger charge is -2.21. The summed E-state index contributed by atoms with van der Waals surface area (Å²) in [4.78, 5) is 48.0. The fourth-order valence-electron chi connectivity index (χ4n) is 3.36. The first-order valence-electron chi connectivity index (χ1n) is 11.1. The molecule has 0 bridgehead atoms. The molecule has 0 saturated heterocycles. The highest BCUT2D eigenvalue weighted by molar-refractivity contribution is 6.12. The van der Waals surface area contributed by atoms with E-state index in [9.17, 15) is 19.2 Å². The molecule has 176 valence electrons. The van der Waals surface area contributed by atoms with E-state index in [1.165, 1.54) is 12.2 Å². The third-order valence-electron chi connectivity index (χ3n) is 5.21. The van der Waals surface area contributed by atoms with Crippen LogP contribution in [0.2, 0.25) is 0 Å². The molecular formula is C22H34N6O4. The number of aromatic nitrogens is 3. The molecule has 1 atom stereocenters. The van der Waals surface area contributed by atoms with Crippen molar-refractivity contribution in [2.24, 2.45) is 11.1 Å². The van der Waals surface area contributed by atoms with Gasteiger partial charge in [0, 0.05) is 49.8 Å². The molecule has 10 nitrogen and oxygen atoms in total. The van der Waals surface area contributed by atoms with Gasteiger partial charge in [0.25, 0.3) is 11.8 Å². The number of amides is 3. The SMILES string of the molecule is CC(C)(C)C(=O)C(N)CCCCn1cc(CCCC(=O)NCCN2C(=O)C=CC2=O)nn1. The Morgan fingerprint density at radius 1 is 1.09 bits per heavy atom. The zero-order valence-electron chi connectivity index (χ0n) is 19.2. The average Bonchev–Trinajstić information content (AvgIpc) is 3.31. The van der Waals surface area contributed by atoms with E-state index in [0.717, 1.165) is 23.4 Å². The van der Waals surface area contributed by atoms with E-state index in [-0.39, 0.29) is 36.6 Å². The highest BCUT2D eigenvalue weighted by Gasteiger charge is 2.26. The molecule has 2 heterocycles. The number of Topliss-reactive ketones (excluding diaryl/α,β-unsaturated/α-hetero) is 1. The van der Waals surface area contributed by atoms with Crippen LogP contribution in [0, 0.1) is 5.41 Å². The Hall–Kier alpha value is -2.88. The zero-order chi connectivity index (χ0) is 23.7. The first kappa shape index (κ1) is 25.4. The molecular weight excluding hydrogens is 412 g/mol. The van der Waals surface area contributed by atoms with Gasteiger partial charge in [0.1, 0.15) is 0 Å². The quantitative estimate of drug-likeness (QED) is 0.336. The summed E-state index contributed by atoms with van der Waals surface area (Å²) in [5.74, 6) is -0.757. The number of ketones is 1. The zero-order valence-corrected chi connectivity index (χ0v) is 19.2. The summed E-state index contributed by atoms with van der Waals surface area (Å²) in [5, 5.41) is 11.0. The van der Waals surface area contributed by atoms with Crippen molar-refractivity contribution in [2.45, 2.75) is 71.9 Å². The van der Waals surface area contributed by atoms with Gasteiger partial charge in [0.15, 0.2) is 5.78 Å². The van der Waals surface area contributed by atoms with Crippen LogP contribution in [0.5, 0.6) is 0 Å². The number of nitrogens with zero attached hydrogens (tertiary/aromatic N) is 4. The van der Waals surface area contributed by atoms with Crippen molar-refractivity contribution < 1.29 is 19.2 Å². The topological polar surface area (TPSA) is 140 Å². The molecule has 3 N–H and O–H groups in total. The highest BCUT2D eigenvalue weighted by Crippen LogP contribution is 2.18. The molecule has 1 aliphatic rings. The molecule has 1 aromatic heterocycles. The van der Waals surface area contributed by atoms with Crippen LogP contribution in [0.25, 0.3) is 0 Å². The number of rotatable bonds is 13. The molecule has 0 spiro atoms. The maximum absolute atomic E-state index is 12.1. The largest absolute Gasteiger partial charge is 0.354 e. The van der Waals surface area contributed by atoms with Crippen molar-refractivity contribution in [1.29, 1.82) is 0 Å². The number of unbranched alkanes of at least 4 members (excludes halogenated alkanes) is 1.